The Kier molecular flexibility index (Phi) is 4.68. The molecule has 0 radical (unpaired) electrons. The van der Waals surface area contributed by atoms with E-state index in [-0.39, 0.29) is 0 Å². The lowest BCUT2D eigenvalue weighted by atomic mass is 9.95. The van der Waals surface area contributed by atoms with Crippen molar-refractivity contribution in [1.82, 2.24) is 4.98 Å². The summed E-state index contributed by atoms with van der Waals surface area (Å²) in [5, 5.41) is 2.70. The molecule has 0 aliphatic rings. The predicted molar refractivity (Wildman–Crippen MR) is 125 cm³/mol. The fraction of sp³-hybridized carbons (Fsp3) is 0.192. The Labute approximate surface area is 169 Å². The van der Waals surface area contributed by atoms with E-state index in [4.69, 9.17) is 4.98 Å². The molecule has 4 rings (SSSR count). The molecular formula is C26H27NSi. The molecule has 0 aliphatic heterocycles. The molecule has 0 saturated heterocycles. The van der Waals surface area contributed by atoms with Crippen LogP contribution in [-0.2, 0) is 0 Å². The van der Waals surface area contributed by atoms with Gasteiger partial charge in [-0.2, -0.15) is 0 Å². The summed E-state index contributed by atoms with van der Waals surface area (Å²) in [4.78, 5) is 5.14. The summed E-state index contributed by atoms with van der Waals surface area (Å²) in [5.74, 6) is 0. The molecule has 0 N–H and O–H groups in total. The molecule has 0 saturated carbocycles. The van der Waals surface area contributed by atoms with E-state index in [0.717, 1.165) is 11.2 Å². The van der Waals surface area contributed by atoms with Crippen LogP contribution in [-0.4, -0.2) is 13.1 Å². The Morgan fingerprint density at radius 3 is 2.00 bits per heavy atom. The predicted octanol–water partition coefficient (Wildman–Crippen LogP) is 6.73. The van der Waals surface area contributed by atoms with Crippen molar-refractivity contribution in [2.75, 3.05) is 0 Å². The number of aryl methyl sites for hydroxylation is 2. The highest BCUT2D eigenvalue weighted by Crippen LogP contribution is 2.34. The van der Waals surface area contributed by atoms with E-state index in [1.54, 1.807) is 0 Å². The summed E-state index contributed by atoms with van der Waals surface area (Å²) in [6.45, 7) is 11.5. The van der Waals surface area contributed by atoms with Gasteiger partial charge in [0.2, 0.25) is 0 Å². The Morgan fingerprint density at radius 1 is 0.679 bits per heavy atom. The van der Waals surface area contributed by atoms with Gasteiger partial charge in [-0.3, -0.25) is 0 Å². The van der Waals surface area contributed by atoms with E-state index in [1.165, 1.54) is 38.4 Å². The van der Waals surface area contributed by atoms with E-state index in [1.807, 2.05) is 0 Å². The summed E-state index contributed by atoms with van der Waals surface area (Å²) in [6.07, 6.45) is 0. The molecule has 0 unspecified atom stereocenters. The van der Waals surface area contributed by atoms with Gasteiger partial charge in [0, 0.05) is 16.5 Å². The first-order chi connectivity index (χ1) is 13.3. The van der Waals surface area contributed by atoms with Crippen molar-refractivity contribution in [3.05, 3.63) is 83.9 Å². The van der Waals surface area contributed by atoms with Crippen LogP contribution in [0.25, 0.3) is 33.3 Å². The molecule has 0 bridgehead atoms. The van der Waals surface area contributed by atoms with E-state index < -0.39 is 8.07 Å². The number of aromatic nitrogens is 1. The maximum absolute atomic E-state index is 5.14. The maximum atomic E-state index is 5.14. The Bertz CT molecular complexity index is 1130. The van der Waals surface area contributed by atoms with E-state index in [2.05, 4.69) is 106 Å². The van der Waals surface area contributed by atoms with Crippen molar-refractivity contribution < 1.29 is 0 Å². The lowest BCUT2D eigenvalue weighted by molar-refractivity contribution is 1.34. The third-order valence-corrected chi connectivity index (χ3v) is 7.30. The van der Waals surface area contributed by atoms with Crippen LogP contribution in [0.1, 0.15) is 11.1 Å². The second-order valence-corrected chi connectivity index (χ2v) is 13.9. The van der Waals surface area contributed by atoms with Gasteiger partial charge in [0.15, 0.2) is 0 Å². The Hall–Kier alpha value is -2.71. The standard InChI is InChI=1S/C26H27NSi/c1-18-13-19(2)15-22(14-18)26-24(20-9-7-6-8-10-20)17-21-16-23(28(3,4)5)11-12-25(21)27-26/h6-17H,1-5H3. The van der Waals surface area contributed by atoms with Gasteiger partial charge >= 0.3 is 0 Å². The molecular weight excluding hydrogens is 354 g/mol. The van der Waals surface area contributed by atoms with E-state index >= 15 is 0 Å². The lowest BCUT2D eigenvalue weighted by Gasteiger charge is -2.18. The number of rotatable bonds is 3. The highest BCUT2D eigenvalue weighted by molar-refractivity contribution is 6.88. The van der Waals surface area contributed by atoms with Gasteiger partial charge in [0.05, 0.1) is 19.3 Å². The van der Waals surface area contributed by atoms with Gasteiger partial charge in [-0.15, -0.1) is 0 Å². The summed E-state index contributed by atoms with van der Waals surface area (Å²) < 4.78 is 0. The number of pyridine rings is 1. The molecule has 0 spiro atoms. The molecule has 28 heavy (non-hydrogen) atoms. The minimum atomic E-state index is -1.37. The van der Waals surface area contributed by atoms with Gasteiger partial charge < -0.3 is 0 Å². The fourth-order valence-corrected chi connectivity index (χ4v) is 4.98. The second kappa shape index (κ2) is 7.03. The normalized spacial score (nSPS) is 11.8. The van der Waals surface area contributed by atoms with Crippen LogP contribution >= 0.6 is 0 Å². The zero-order valence-electron chi connectivity index (χ0n) is 17.4. The van der Waals surface area contributed by atoms with Crippen LogP contribution in [0.5, 0.6) is 0 Å². The van der Waals surface area contributed by atoms with Gasteiger partial charge in [-0.05, 0) is 43.7 Å². The summed E-state index contributed by atoms with van der Waals surface area (Å²) in [7, 11) is -1.37. The molecule has 1 aromatic heterocycles. The molecule has 0 atom stereocenters. The number of hydrogen-bond acceptors (Lipinski definition) is 1. The van der Waals surface area contributed by atoms with Crippen molar-refractivity contribution in [3.8, 4) is 22.4 Å². The van der Waals surface area contributed by atoms with Gasteiger partial charge in [0.1, 0.15) is 0 Å². The topological polar surface area (TPSA) is 12.9 Å². The zero-order valence-corrected chi connectivity index (χ0v) is 18.4. The van der Waals surface area contributed by atoms with Gasteiger partial charge in [-0.1, -0.05) is 84.5 Å². The molecule has 3 aromatic carbocycles. The number of nitrogens with zero attached hydrogens (tertiary/aromatic N) is 1. The van der Waals surface area contributed by atoms with Crippen LogP contribution in [0.3, 0.4) is 0 Å². The van der Waals surface area contributed by atoms with Crippen LogP contribution in [0.4, 0.5) is 0 Å². The van der Waals surface area contributed by atoms with Crippen molar-refractivity contribution >= 4 is 24.2 Å². The molecule has 0 amide bonds. The van der Waals surface area contributed by atoms with Crippen molar-refractivity contribution in [2.45, 2.75) is 33.5 Å². The van der Waals surface area contributed by atoms with Crippen molar-refractivity contribution in [3.63, 3.8) is 0 Å². The average Bonchev–Trinajstić information content (AvgIpc) is 2.65. The van der Waals surface area contributed by atoms with E-state index in [0.29, 0.717) is 0 Å². The molecule has 1 heterocycles. The van der Waals surface area contributed by atoms with Crippen LogP contribution in [0.2, 0.25) is 19.6 Å². The quantitative estimate of drug-likeness (QED) is 0.358. The molecule has 140 valence electrons. The van der Waals surface area contributed by atoms with Crippen LogP contribution < -0.4 is 5.19 Å². The zero-order chi connectivity index (χ0) is 19.9. The van der Waals surface area contributed by atoms with Gasteiger partial charge in [-0.25, -0.2) is 4.98 Å². The third kappa shape index (κ3) is 3.65. The monoisotopic (exact) mass is 381 g/mol. The summed E-state index contributed by atoms with van der Waals surface area (Å²) in [6, 6.07) is 26.5. The SMILES string of the molecule is Cc1cc(C)cc(-c2nc3ccc([Si](C)(C)C)cc3cc2-c2ccccc2)c1. The van der Waals surface area contributed by atoms with Crippen LogP contribution in [0, 0.1) is 13.8 Å². The number of hydrogen-bond donors (Lipinski definition) is 0. The Balaban J connectivity index is 2.02. The lowest BCUT2D eigenvalue weighted by Crippen LogP contribution is -2.37. The fourth-order valence-electron chi connectivity index (χ4n) is 3.81. The Morgan fingerprint density at radius 2 is 1.36 bits per heavy atom. The first kappa shape index (κ1) is 18.6. The summed E-state index contributed by atoms with van der Waals surface area (Å²) in [5.41, 5.74) is 8.26. The largest absolute Gasteiger partial charge is 0.247 e. The average molecular weight is 382 g/mol. The third-order valence-electron chi connectivity index (χ3n) is 5.26. The highest BCUT2D eigenvalue weighted by atomic mass is 28.3. The molecule has 4 aromatic rings. The van der Waals surface area contributed by atoms with Crippen LogP contribution in [0.15, 0.2) is 72.8 Å². The van der Waals surface area contributed by atoms with E-state index in [9.17, 15) is 0 Å². The number of benzene rings is 3. The second-order valence-electron chi connectivity index (χ2n) is 8.78. The maximum Gasteiger partial charge on any atom is 0.0788 e. The highest BCUT2D eigenvalue weighted by Gasteiger charge is 2.18. The minimum absolute atomic E-state index is 1.06. The smallest absolute Gasteiger partial charge is 0.0788 e. The van der Waals surface area contributed by atoms with Crippen molar-refractivity contribution in [1.29, 1.82) is 0 Å². The van der Waals surface area contributed by atoms with Crippen molar-refractivity contribution in [2.24, 2.45) is 0 Å². The first-order valence-corrected chi connectivity index (χ1v) is 13.4. The van der Waals surface area contributed by atoms with Gasteiger partial charge in [0.25, 0.3) is 0 Å². The minimum Gasteiger partial charge on any atom is -0.247 e. The molecule has 1 nitrogen and oxygen atoms in total. The number of fused-ring (bicyclic) bond motifs is 1. The first-order valence-electron chi connectivity index (χ1n) is 9.91. The molecule has 0 aliphatic carbocycles. The summed E-state index contributed by atoms with van der Waals surface area (Å²) >= 11 is 0. The molecule has 2 heteroatoms. The molecule has 0 fully saturated rings.